The molecule has 0 saturated heterocycles. The second kappa shape index (κ2) is 14.4. The third kappa shape index (κ3) is 11.1. The van der Waals surface area contributed by atoms with Crippen LogP contribution in [0.15, 0.2) is 36.9 Å². The van der Waals surface area contributed by atoms with E-state index >= 15 is 0 Å². The lowest BCUT2D eigenvalue weighted by Gasteiger charge is -2.13. The molecule has 1 unspecified atom stereocenters. The number of esters is 1. The highest BCUT2D eigenvalue weighted by atomic mass is 16.5. The molecule has 0 saturated carbocycles. The van der Waals surface area contributed by atoms with Gasteiger partial charge in [0, 0.05) is 12.8 Å². The summed E-state index contributed by atoms with van der Waals surface area (Å²) in [5.74, 6) is -1.49. The number of hydrogen-bond donors (Lipinski definition) is 2. The van der Waals surface area contributed by atoms with Gasteiger partial charge in [-0.15, -0.1) is 0 Å². The van der Waals surface area contributed by atoms with Crippen LogP contribution in [0.5, 0.6) is 5.75 Å². The Hall–Kier alpha value is -2.63. The van der Waals surface area contributed by atoms with Crippen LogP contribution in [0.4, 0.5) is 0 Å². The second-order valence-electron chi connectivity index (χ2n) is 7.15. The van der Waals surface area contributed by atoms with E-state index in [1.807, 2.05) is 0 Å². The van der Waals surface area contributed by atoms with E-state index in [2.05, 4.69) is 18.8 Å². The number of ether oxygens (including phenoxy) is 1. The van der Waals surface area contributed by atoms with Gasteiger partial charge >= 0.3 is 11.9 Å². The van der Waals surface area contributed by atoms with Crippen LogP contribution in [0, 0.1) is 0 Å². The molecular weight excluding hydrogens is 370 g/mol. The number of hydrogen-bond acceptors (Lipinski definition) is 4. The van der Waals surface area contributed by atoms with Crippen molar-refractivity contribution < 1.29 is 24.2 Å². The second-order valence-corrected chi connectivity index (χ2v) is 7.15. The van der Waals surface area contributed by atoms with Crippen LogP contribution in [-0.4, -0.2) is 29.0 Å². The average molecular weight is 404 g/mol. The molecule has 1 rings (SSSR count). The van der Waals surface area contributed by atoms with Crippen LogP contribution in [-0.2, 0) is 20.8 Å². The number of benzene rings is 1. The molecule has 0 bridgehead atoms. The number of nitrogens with one attached hydrogen (secondary N) is 1. The first kappa shape index (κ1) is 24.4. The number of amides is 1. The van der Waals surface area contributed by atoms with Crippen LogP contribution in [0.2, 0.25) is 0 Å². The van der Waals surface area contributed by atoms with Gasteiger partial charge in [-0.1, -0.05) is 70.6 Å². The minimum absolute atomic E-state index is 0.126. The lowest BCUT2D eigenvalue weighted by atomic mass is 10.1. The van der Waals surface area contributed by atoms with Crippen molar-refractivity contribution in [2.75, 3.05) is 0 Å². The van der Waals surface area contributed by atoms with Gasteiger partial charge in [-0.25, -0.2) is 4.79 Å². The fourth-order valence-corrected chi connectivity index (χ4v) is 2.95. The maximum atomic E-state index is 11.9. The lowest BCUT2D eigenvalue weighted by molar-refractivity contribution is -0.141. The van der Waals surface area contributed by atoms with E-state index in [1.165, 1.54) is 32.1 Å². The van der Waals surface area contributed by atoms with Crippen LogP contribution in [0.3, 0.4) is 0 Å². The van der Waals surface area contributed by atoms with Crippen molar-refractivity contribution in [2.24, 2.45) is 0 Å². The molecule has 1 atom stereocenters. The van der Waals surface area contributed by atoms with Gasteiger partial charge in [-0.2, -0.15) is 0 Å². The Balaban J connectivity index is 2.34. The van der Waals surface area contributed by atoms with Crippen LogP contribution < -0.4 is 10.1 Å². The van der Waals surface area contributed by atoms with Gasteiger partial charge in [0.15, 0.2) is 0 Å². The third-order valence-electron chi connectivity index (χ3n) is 4.63. The van der Waals surface area contributed by atoms with E-state index in [9.17, 15) is 19.5 Å². The molecule has 1 amide bonds. The van der Waals surface area contributed by atoms with Crippen LogP contribution >= 0.6 is 0 Å². The fraction of sp³-hybridized carbons (Fsp3) is 0.522. The van der Waals surface area contributed by atoms with Crippen LogP contribution in [0.25, 0.3) is 0 Å². The van der Waals surface area contributed by atoms with Crippen LogP contribution in [0.1, 0.15) is 70.3 Å². The molecule has 0 heterocycles. The molecule has 0 aliphatic rings. The van der Waals surface area contributed by atoms with E-state index in [4.69, 9.17) is 4.74 Å². The summed E-state index contributed by atoms with van der Waals surface area (Å²) < 4.78 is 5.33. The Bertz CT molecular complexity index is 654. The largest absolute Gasteiger partial charge is 0.480 e. The van der Waals surface area contributed by atoms with Gasteiger partial charge in [-0.3, -0.25) is 9.59 Å². The Morgan fingerprint density at radius 2 is 1.62 bits per heavy atom. The summed E-state index contributed by atoms with van der Waals surface area (Å²) in [6.45, 7) is 5.52. The Morgan fingerprint density at radius 3 is 2.17 bits per heavy atom. The first-order valence-electron chi connectivity index (χ1n) is 10.4. The summed E-state index contributed by atoms with van der Waals surface area (Å²) in [6.07, 6.45) is 10.9. The molecule has 160 valence electrons. The highest BCUT2D eigenvalue weighted by molar-refractivity contribution is 5.90. The molecule has 0 radical (unpaired) electrons. The summed E-state index contributed by atoms with van der Waals surface area (Å²) in [6, 6.07) is 5.60. The van der Waals surface area contributed by atoms with Gasteiger partial charge in [0.25, 0.3) is 0 Å². The minimum Gasteiger partial charge on any atom is -0.480 e. The van der Waals surface area contributed by atoms with Gasteiger partial charge in [0.05, 0.1) is 0 Å². The van der Waals surface area contributed by atoms with Gasteiger partial charge < -0.3 is 15.2 Å². The van der Waals surface area contributed by atoms with E-state index in [0.29, 0.717) is 17.7 Å². The zero-order valence-electron chi connectivity index (χ0n) is 17.3. The molecule has 29 heavy (non-hydrogen) atoms. The number of carboxylic acid groups (broad SMARTS) is 1. The summed E-state index contributed by atoms with van der Waals surface area (Å²) in [4.78, 5) is 34.5. The number of unbranched alkanes of at least 4 members (excludes halogenated alkanes) is 7. The highest BCUT2D eigenvalue weighted by Crippen LogP contribution is 2.16. The lowest BCUT2D eigenvalue weighted by Crippen LogP contribution is -2.41. The minimum atomic E-state index is -1.12. The molecule has 6 nitrogen and oxygen atoms in total. The standard InChI is InChI=1S/C23H33NO5/c1-3-5-6-7-8-9-10-11-12-22(26)29-19-15-13-18(14-16-19)17-20(23(27)28)24-21(25)4-2/h4,13-16,20H,2-3,5-12,17H2,1H3,(H,24,25)(H,27,28). The predicted molar refractivity (Wildman–Crippen MR) is 113 cm³/mol. The molecule has 1 aromatic carbocycles. The first-order valence-corrected chi connectivity index (χ1v) is 10.4. The van der Waals surface area contributed by atoms with Gasteiger partial charge in [0.2, 0.25) is 5.91 Å². The average Bonchev–Trinajstić information content (AvgIpc) is 2.70. The molecule has 0 fully saturated rings. The van der Waals surface area contributed by atoms with E-state index < -0.39 is 17.9 Å². The Morgan fingerprint density at radius 1 is 1.03 bits per heavy atom. The molecule has 1 aromatic rings. The molecule has 6 heteroatoms. The molecule has 0 spiro atoms. The van der Waals surface area contributed by atoms with Gasteiger partial charge in [-0.05, 0) is 30.2 Å². The molecule has 0 aliphatic heterocycles. The topological polar surface area (TPSA) is 92.7 Å². The first-order chi connectivity index (χ1) is 14.0. The highest BCUT2D eigenvalue weighted by Gasteiger charge is 2.19. The maximum absolute atomic E-state index is 11.9. The number of carbonyl (C=O) groups is 3. The molecule has 2 N–H and O–H groups in total. The molecular formula is C23H33NO5. The van der Waals surface area contributed by atoms with Gasteiger partial charge in [0.1, 0.15) is 11.8 Å². The van der Waals surface area contributed by atoms with Crippen molar-refractivity contribution in [3.05, 3.63) is 42.5 Å². The van der Waals surface area contributed by atoms with E-state index in [-0.39, 0.29) is 12.4 Å². The summed E-state index contributed by atoms with van der Waals surface area (Å²) >= 11 is 0. The predicted octanol–water partition coefficient (Wildman–Crippen LogP) is 4.42. The third-order valence-corrected chi connectivity index (χ3v) is 4.63. The molecule has 0 aliphatic carbocycles. The van der Waals surface area contributed by atoms with Crippen molar-refractivity contribution in [3.63, 3.8) is 0 Å². The number of carbonyl (C=O) groups excluding carboxylic acids is 2. The van der Waals surface area contributed by atoms with E-state index in [1.54, 1.807) is 24.3 Å². The normalized spacial score (nSPS) is 11.5. The smallest absolute Gasteiger partial charge is 0.326 e. The summed E-state index contributed by atoms with van der Waals surface area (Å²) in [5.41, 5.74) is 0.713. The zero-order valence-corrected chi connectivity index (χ0v) is 17.3. The van der Waals surface area contributed by atoms with Crippen molar-refractivity contribution in [1.29, 1.82) is 0 Å². The SMILES string of the molecule is C=CC(=O)NC(Cc1ccc(OC(=O)CCCCCCCCCC)cc1)C(=O)O. The molecule has 0 aromatic heterocycles. The zero-order chi connectivity index (χ0) is 21.5. The Labute approximate surface area is 173 Å². The fourth-order valence-electron chi connectivity index (χ4n) is 2.95. The maximum Gasteiger partial charge on any atom is 0.326 e. The van der Waals surface area contributed by atoms with Crippen molar-refractivity contribution in [1.82, 2.24) is 5.32 Å². The summed E-state index contributed by atoms with van der Waals surface area (Å²) in [7, 11) is 0. The number of carboxylic acids is 1. The van der Waals surface area contributed by atoms with E-state index in [0.717, 1.165) is 25.3 Å². The van der Waals surface area contributed by atoms with Crippen molar-refractivity contribution >= 4 is 17.8 Å². The number of aliphatic carboxylic acids is 1. The van der Waals surface area contributed by atoms with Crippen molar-refractivity contribution in [3.8, 4) is 5.75 Å². The number of rotatable bonds is 15. The Kier molecular flexibility index (Phi) is 12.1. The van der Waals surface area contributed by atoms with Crippen molar-refractivity contribution in [2.45, 2.75) is 77.2 Å². The quantitative estimate of drug-likeness (QED) is 0.196. The summed E-state index contributed by atoms with van der Waals surface area (Å²) in [5, 5.41) is 11.6. The monoisotopic (exact) mass is 403 g/mol.